The first-order valence-corrected chi connectivity index (χ1v) is 6.69. The third-order valence-corrected chi connectivity index (χ3v) is 3.48. The molecule has 104 valence electrons. The van der Waals surface area contributed by atoms with Crippen LogP contribution in [-0.2, 0) is 11.3 Å². The topological polar surface area (TPSA) is 75.6 Å². The van der Waals surface area contributed by atoms with Crippen molar-refractivity contribution in [2.24, 2.45) is 0 Å². The molecule has 20 heavy (non-hydrogen) atoms. The average molecular weight is 291 g/mol. The largest absolute Gasteiger partial charge is 0.478 e. The van der Waals surface area contributed by atoms with Gasteiger partial charge in [0.15, 0.2) is 0 Å². The first kappa shape index (κ1) is 14.1. The quantitative estimate of drug-likeness (QED) is 0.904. The van der Waals surface area contributed by atoms with Gasteiger partial charge in [-0.15, -0.1) is 11.3 Å². The van der Waals surface area contributed by atoms with Gasteiger partial charge < -0.3 is 9.84 Å². The molecule has 2 N–H and O–H groups in total. The highest BCUT2D eigenvalue weighted by atomic mass is 32.1. The molecule has 0 fully saturated rings. The maximum absolute atomic E-state index is 11.7. The van der Waals surface area contributed by atoms with Gasteiger partial charge in [0, 0.05) is 4.88 Å². The predicted octanol–water partition coefficient (Wildman–Crippen LogP) is 3.50. The minimum atomic E-state index is -1.08. The van der Waals surface area contributed by atoms with Crippen molar-refractivity contribution in [3.8, 4) is 0 Å². The number of thiophene rings is 1. The molecule has 2 aromatic rings. The summed E-state index contributed by atoms with van der Waals surface area (Å²) < 4.78 is 5.04. The molecule has 1 aromatic heterocycles. The van der Waals surface area contributed by atoms with E-state index in [0.29, 0.717) is 0 Å². The lowest BCUT2D eigenvalue weighted by atomic mass is 10.2. The van der Waals surface area contributed by atoms with E-state index in [9.17, 15) is 9.59 Å². The van der Waals surface area contributed by atoms with Crippen LogP contribution in [0.5, 0.6) is 0 Å². The van der Waals surface area contributed by atoms with E-state index in [-0.39, 0.29) is 17.2 Å². The Morgan fingerprint density at radius 3 is 2.65 bits per heavy atom. The van der Waals surface area contributed by atoms with Crippen LogP contribution in [0.3, 0.4) is 0 Å². The second-order valence-corrected chi connectivity index (χ2v) is 5.35. The van der Waals surface area contributed by atoms with Crippen LogP contribution in [0.2, 0.25) is 0 Å². The Balaban J connectivity index is 1.96. The van der Waals surface area contributed by atoms with Crippen molar-refractivity contribution in [2.45, 2.75) is 13.5 Å². The molecule has 0 bridgehead atoms. The number of rotatable bonds is 4. The van der Waals surface area contributed by atoms with Crippen LogP contribution in [-0.4, -0.2) is 17.2 Å². The molecule has 0 unspecified atom stereocenters. The smallest absolute Gasteiger partial charge is 0.412 e. The van der Waals surface area contributed by atoms with Crippen molar-refractivity contribution in [3.05, 3.63) is 52.4 Å². The molecule has 0 spiro atoms. The van der Waals surface area contributed by atoms with Gasteiger partial charge in [-0.25, -0.2) is 9.59 Å². The van der Waals surface area contributed by atoms with Crippen LogP contribution < -0.4 is 5.32 Å². The molecule has 0 aliphatic carbocycles. The van der Waals surface area contributed by atoms with Crippen LogP contribution in [0.15, 0.2) is 36.4 Å². The second-order valence-electron chi connectivity index (χ2n) is 4.09. The van der Waals surface area contributed by atoms with E-state index >= 15 is 0 Å². The Hall–Kier alpha value is -2.34. The van der Waals surface area contributed by atoms with Gasteiger partial charge in [0.05, 0.1) is 5.56 Å². The van der Waals surface area contributed by atoms with Gasteiger partial charge >= 0.3 is 12.1 Å². The number of nitrogens with one attached hydrogen (secondary N) is 1. The summed E-state index contributed by atoms with van der Waals surface area (Å²) in [4.78, 5) is 23.5. The van der Waals surface area contributed by atoms with Gasteiger partial charge in [0.2, 0.25) is 0 Å². The number of benzene rings is 1. The van der Waals surface area contributed by atoms with E-state index in [1.54, 1.807) is 6.92 Å². The summed E-state index contributed by atoms with van der Waals surface area (Å²) in [5.74, 6) is -1.08. The molecule has 5 nitrogen and oxygen atoms in total. The zero-order chi connectivity index (χ0) is 14.5. The van der Waals surface area contributed by atoms with Gasteiger partial charge in [0.1, 0.15) is 11.6 Å². The molecule has 0 saturated heterocycles. The predicted molar refractivity (Wildman–Crippen MR) is 76.3 cm³/mol. The number of carboxylic acids is 1. The summed E-state index contributed by atoms with van der Waals surface area (Å²) in [5, 5.41) is 11.8. The number of hydrogen-bond acceptors (Lipinski definition) is 4. The van der Waals surface area contributed by atoms with Crippen LogP contribution in [0.1, 0.15) is 20.8 Å². The van der Waals surface area contributed by atoms with Crippen LogP contribution >= 0.6 is 11.3 Å². The lowest BCUT2D eigenvalue weighted by Gasteiger charge is -2.06. The van der Waals surface area contributed by atoms with Crippen molar-refractivity contribution in [1.82, 2.24) is 0 Å². The standard InChI is InChI=1S/C14H13NO4S/c1-9-7-11(13(16)17)12(20-9)15-14(18)19-8-10-5-3-2-4-6-10/h2-7H,8H2,1H3,(H,15,18)(H,16,17). The van der Waals surface area contributed by atoms with Crippen molar-refractivity contribution in [1.29, 1.82) is 0 Å². The Bertz CT molecular complexity index is 621. The number of ether oxygens (including phenoxy) is 1. The van der Waals surface area contributed by atoms with Crippen LogP contribution in [0, 0.1) is 6.92 Å². The maximum Gasteiger partial charge on any atom is 0.412 e. The van der Waals surface area contributed by atoms with Crippen LogP contribution in [0.4, 0.5) is 9.80 Å². The number of anilines is 1. The first-order valence-electron chi connectivity index (χ1n) is 5.87. The zero-order valence-corrected chi connectivity index (χ0v) is 11.6. The number of aryl methyl sites for hydroxylation is 1. The van der Waals surface area contributed by atoms with Gasteiger partial charge in [-0.2, -0.15) is 0 Å². The fraction of sp³-hybridized carbons (Fsp3) is 0.143. The Morgan fingerprint density at radius 1 is 1.30 bits per heavy atom. The molecule has 0 aliphatic rings. The molecule has 0 radical (unpaired) electrons. The molecular weight excluding hydrogens is 278 g/mol. The van der Waals surface area contributed by atoms with Gasteiger partial charge in [-0.3, -0.25) is 5.32 Å². The fourth-order valence-corrected chi connectivity index (χ4v) is 2.51. The van der Waals surface area contributed by atoms with E-state index in [1.807, 2.05) is 30.3 Å². The molecule has 0 saturated carbocycles. The summed E-state index contributed by atoms with van der Waals surface area (Å²) in [5.41, 5.74) is 0.938. The molecular formula is C14H13NO4S. The lowest BCUT2D eigenvalue weighted by Crippen LogP contribution is -2.14. The third kappa shape index (κ3) is 3.58. The average Bonchev–Trinajstić information content (AvgIpc) is 2.79. The summed E-state index contributed by atoms with van der Waals surface area (Å²) in [7, 11) is 0. The molecule has 1 aromatic carbocycles. The van der Waals surface area contributed by atoms with E-state index in [4.69, 9.17) is 9.84 Å². The number of amides is 1. The van der Waals surface area contributed by atoms with Gasteiger partial charge in [0.25, 0.3) is 0 Å². The highest BCUT2D eigenvalue weighted by Crippen LogP contribution is 2.27. The molecule has 6 heteroatoms. The van der Waals surface area contributed by atoms with Gasteiger partial charge in [-0.1, -0.05) is 30.3 Å². The van der Waals surface area contributed by atoms with Crippen molar-refractivity contribution >= 4 is 28.4 Å². The van der Waals surface area contributed by atoms with E-state index in [2.05, 4.69) is 5.32 Å². The fourth-order valence-electron chi connectivity index (χ4n) is 1.62. The SMILES string of the molecule is Cc1cc(C(=O)O)c(NC(=O)OCc2ccccc2)s1. The molecule has 1 heterocycles. The van der Waals surface area contributed by atoms with Gasteiger partial charge in [-0.05, 0) is 18.6 Å². The number of carboxylic acid groups (broad SMARTS) is 1. The second kappa shape index (κ2) is 6.21. The lowest BCUT2D eigenvalue weighted by molar-refractivity contribution is 0.0698. The number of carbonyl (C=O) groups excluding carboxylic acids is 1. The summed E-state index contributed by atoms with van der Waals surface area (Å²) in [6.45, 7) is 1.91. The Labute approximate surface area is 119 Å². The number of hydrogen-bond donors (Lipinski definition) is 2. The van der Waals surface area contributed by atoms with E-state index in [1.165, 1.54) is 17.4 Å². The maximum atomic E-state index is 11.7. The minimum Gasteiger partial charge on any atom is -0.478 e. The van der Waals surface area contributed by atoms with Crippen molar-refractivity contribution in [3.63, 3.8) is 0 Å². The highest BCUT2D eigenvalue weighted by molar-refractivity contribution is 7.16. The van der Waals surface area contributed by atoms with Crippen molar-refractivity contribution < 1.29 is 19.4 Å². The van der Waals surface area contributed by atoms with Crippen molar-refractivity contribution in [2.75, 3.05) is 5.32 Å². The Kier molecular flexibility index (Phi) is 4.37. The minimum absolute atomic E-state index is 0.0733. The molecule has 0 atom stereocenters. The monoisotopic (exact) mass is 291 g/mol. The summed E-state index contributed by atoms with van der Waals surface area (Å²) >= 11 is 1.20. The van der Waals surface area contributed by atoms with Crippen LogP contribution in [0.25, 0.3) is 0 Å². The highest BCUT2D eigenvalue weighted by Gasteiger charge is 2.16. The number of aromatic carboxylic acids is 1. The molecule has 2 rings (SSSR count). The molecule has 0 aliphatic heterocycles. The third-order valence-electron chi connectivity index (χ3n) is 2.51. The Morgan fingerprint density at radius 2 is 2.00 bits per heavy atom. The first-order chi connectivity index (χ1) is 9.56. The van der Waals surface area contributed by atoms with E-state index in [0.717, 1.165) is 10.4 Å². The summed E-state index contributed by atoms with van der Waals surface area (Å²) in [6, 6.07) is 10.8. The summed E-state index contributed by atoms with van der Waals surface area (Å²) in [6.07, 6.45) is -0.668. The zero-order valence-electron chi connectivity index (χ0n) is 10.8. The molecule has 1 amide bonds. The van der Waals surface area contributed by atoms with E-state index < -0.39 is 12.1 Å². The normalized spacial score (nSPS) is 10.1. The number of carbonyl (C=O) groups is 2.